The Kier molecular flexibility index (Phi) is 3.25. The summed E-state index contributed by atoms with van der Waals surface area (Å²) in [4.78, 5) is 21.7. The third-order valence-electron chi connectivity index (χ3n) is 1.44. The largest absolute Gasteiger partial charge is 0.414 e. The highest BCUT2D eigenvalue weighted by Crippen LogP contribution is 2.10. The standard InChI is InChI=1S/C8H13NO4/c1-5(2)3-9-8(11)13-7(10)6-4-12-6/h5-6H,3-4H2,1-2H3,(H,9,11). The molecule has 13 heavy (non-hydrogen) atoms. The maximum atomic E-state index is 10.9. The summed E-state index contributed by atoms with van der Waals surface area (Å²) in [5.74, 6) is -0.277. The van der Waals surface area contributed by atoms with E-state index in [1.54, 1.807) is 0 Å². The Balaban J connectivity index is 2.13. The van der Waals surface area contributed by atoms with Crippen molar-refractivity contribution in [2.75, 3.05) is 13.2 Å². The van der Waals surface area contributed by atoms with Crippen molar-refractivity contribution in [1.82, 2.24) is 5.32 Å². The number of alkyl carbamates (subject to hydrolysis) is 1. The van der Waals surface area contributed by atoms with E-state index in [1.165, 1.54) is 0 Å². The van der Waals surface area contributed by atoms with Gasteiger partial charge >= 0.3 is 12.1 Å². The predicted molar refractivity (Wildman–Crippen MR) is 44.1 cm³/mol. The molecule has 1 amide bonds. The molecule has 0 aromatic heterocycles. The second-order valence-corrected chi connectivity index (χ2v) is 3.31. The van der Waals surface area contributed by atoms with Crippen LogP contribution in [0.5, 0.6) is 0 Å². The maximum Gasteiger partial charge on any atom is 0.414 e. The van der Waals surface area contributed by atoms with Crippen LogP contribution in [-0.4, -0.2) is 31.3 Å². The molecule has 1 unspecified atom stereocenters. The van der Waals surface area contributed by atoms with Gasteiger partial charge in [-0.1, -0.05) is 13.8 Å². The van der Waals surface area contributed by atoms with Crippen molar-refractivity contribution in [2.24, 2.45) is 5.92 Å². The van der Waals surface area contributed by atoms with Crippen LogP contribution in [0.4, 0.5) is 4.79 Å². The number of nitrogens with one attached hydrogen (secondary N) is 1. The second kappa shape index (κ2) is 4.23. The van der Waals surface area contributed by atoms with Crippen molar-refractivity contribution in [2.45, 2.75) is 20.0 Å². The summed E-state index contributed by atoms with van der Waals surface area (Å²) < 4.78 is 9.05. The molecule has 0 radical (unpaired) electrons. The van der Waals surface area contributed by atoms with E-state index in [0.717, 1.165) is 0 Å². The van der Waals surface area contributed by atoms with E-state index >= 15 is 0 Å². The highest BCUT2D eigenvalue weighted by atomic mass is 16.6. The van der Waals surface area contributed by atoms with Gasteiger partial charge in [0.1, 0.15) is 0 Å². The number of amides is 1. The van der Waals surface area contributed by atoms with E-state index in [1.807, 2.05) is 13.8 Å². The van der Waals surface area contributed by atoms with Gasteiger partial charge in [0.15, 0.2) is 6.10 Å². The molecule has 74 valence electrons. The van der Waals surface area contributed by atoms with Crippen molar-refractivity contribution >= 4 is 12.1 Å². The Hall–Kier alpha value is -1.10. The number of hydrogen-bond acceptors (Lipinski definition) is 4. The summed E-state index contributed by atoms with van der Waals surface area (Å²) in [6.45, 7) is 4.76. The molecule has 5 nitrogen and oxygen atoms in total. The first-order valence-corrected chi connectivity index (χ1v) is 4.20. The van der Waals surface area contributed by atoms with Crippen LogP contribution >= 0.6 is 0 Å². The zero-order valence-electron chi connectivity index (χ0n) is 7.70. The lowest BCUT2D eigenvalue weighted by Gasteiger charge is -2.06. The van der Waals surface area contributed by atoms with Crippen LogP contribution in [0.2, 0.25) is 0 Å². The number of carbonyl (C=O) groups is 2. The Morgan fingerprint density at radius 1 is 1.62 bits per heavy atom. The molecule has 0 aromatic carbocycles. The smallest absolute Gasteiger partial charge is 0.374 e. The van der Waals surface area contributed by atoms with E-state index < -0.39 is 18.2 Å². The van der Waals surface area contributed by atoms with E-state index in [9.17, 15) is 9.59 Å². The van der Waals surface area contributed by atoms with Gasteiger partial charge in [-0.05, 0) is 5.92 Å². The van der Waals surface area contributed by atoms with Gasteiger partial charge in [0.25, 0.3) is 0 Å². The topological polar surface area (TPSA) is 67.9 Å². The first-order valence-electron chi connectivity index (χ1n) is 4.20. The Labute approximate surface area is 76.4 Å². The average molecular weight is 187 g/mol. The van der Waals surface area contributed by atoms with Crippen LogP contribution < -0.4 is 5.32 Å². The van der Waals surface area contributed by atoms with Crippen LogP contribution in [-0.2, 0) is 14.3 Å². The number of hydrogen-bond donors (Lipinski definition) is 1. The third-order valence-corrected chi connectivity index (χ3v) is 1.44. The van der Waals surface area contributed by atoms with Gasteiger partial charge in [-0.15, -0.1) is 0 Å². The van der Waals surface area contributed by atoms with Gasteiger partial charge in [0, 0.05) is 6.54 Å². The van der Waals surface area contributed by atoms with E-state index in [-0.39, 0.29) is 0 Å². The molecule has 1 atom stereocenters. The van der Waals surface area contributed by atoms with E-state index in [4.69, 9.17) is 0 Å². The summed E-state index contributed by atoms with van der Waals surface area (Å²) in [5, 5.41) is 2.46. The normalized spacial score (nSPS) is 19.8. The molecule has 0 bridgehead atoms. The fraction of sp³-hybridized carbons (Fsp3) is 0.750. The lowest BCUT2D eigenvalue weighted by Crippen LogP contribution is -2.31. The summed E-state index contributed by atoms with van der Waals surface area (Å²) in [6, 6.07) is 0. The van der Waals surface area contributed by atoms with E-state index in [0.29, 0.717) is 19.1 Å². The number of epoxide rings is 1. The minimum Gasteiger partial charge on any atom is -0.374 e. The lowest BCUT2D eigenvalue weighted by atomic mass is 10.2. The first-order chi connectivity index (χ1) is 6.09. The zero-order chi connectivity index (χ0) is 9.84. The Morgan fingerprint density at radius 2 is 2.23 bits per heavy atom. The number of ether oxygens (including phenoxy) is 2. The molecule has 0 spiro atoms. The highest BCUT2D eigenvalue weighted by molar-refractivity contribution is 5.88. The van der Waals surface area contributed by atoms with Crippen LogP contribution in [0.25, 0.3) is 0 Å². The third kappa shape index (κ3) is 3.89. The van der Waals surface area contributed by atoms with Crippen molar-refractivity contribution in [3.63, 3.8) is 0 Å². The molecule has 1 aliphatic heterocycles. The molecule has 0 aromatic rings. The van der Waals surface area contributed by atoms with Crippen LogP contribution in [0, 0.1) is 5.92 Å². The van der Waals surface area contributed by atoms with Crippen molar-refractivity contribution in [3.8, 4) is 0 Å². The first kappa shape index (κ1) is 9.98. The molecule has 1 heterocycles. The van der Waals surface area contributed by atoms with Crippen molar-refractivity contribution < 1.29 is 19.1 Å². The predicted octanol–water partition coefficient (Wildman–Crippen LogP) is 0.294. The van der Waals surface area contributed by atoms with Gasteiger partial charge in [-0.25, -0.2) is 9.59 Å². The van der Waals surface area contributed by atoms with Gasteiger partial charge < -0.3 is 14.8 Å². The maximum absolute atomic E-state index is 10.9. The van der Waals surface area contributed by atoms with Crippen LogP contribution in [0.15, 0.2) is 0 Å². The molecule has 1 saturated heterocycles. The number of esters is 1. The van der Waals surface area contributed by atoms with Gasteiger partial charge in [-0.2, -0.15) is 0 Å². The quantitative estimate of drug-likeness (QED) is 0.392. The Bertz CT molecular complexity index is 210. The monoisotopic (exact) mass is 187 g/mol. The summed E-state index contributed by atoms with van der Waals surface area (Å²) in [7, 11) is 0. The SMILES string of the molecule is CC(C)CNC(=O)OC(=O)C1CO1. The van der Waals surface area contributed by atoms with Gasteiger partial charge in [0.05, 0.1) is 6.61 Å². The second-order valence-electron chi connectivity index (χ2n) is 3.31. The van der Waals surface area contributed by atoms with Gasteiger partial charge in [-0.3, -0.25) is 0 Å². The fourth-order valence-corrected chi connectivity index (χ4v) is 0.665. The molecule has 1 rings (SSSR count). The van der Waals surface area contributed by atoms with Crippen LogP contribution in [0.3, 0.4) is 0 Å². The van der Waals surface area contributed by atoms with Crippen molar-refractivity contribution in [3.05, 3.63) is 0 Å². The fourth-order valence-electron chi connectivity index (χ4n) is 0.665. The summed E-state index contributed by atoms with van der Waals surface area (Å²) >= 11 is 0. The molecule has 5 heteroatoms. The molecule has 1 aliphatic rings. The van der Waals surface area contributed by atoms with Gasteiger partial charge in [0.2, 0.25) is 0 Å². The Morgan fingerprint density at radius 3 is 2.69 bits per heavy atom. The lowest BCUT2D eigenvalue weighted by molar-refractivity contribution is -0.138. The van der Waals surface area contributed by atoms with E-state index in [2.05, 4.69) is 14.8 Å². The van der Waals surface area contributed by atoms with Crippen LogP contribution in [0.1, 0.15) is 13.8 Å². The minimum absolute atomic E-state index is 0.333. The highest BCUT2D eigenvalue weighted by Gasteiger charge is 2.34. The molecular formula is C8H13NO4. The van der Waals surface area contributed by atoms with Crippen molar-refractivity contribution in [1.29, 1.82) is 0 Å². The zero-order valence-corrected chi connectivity index (χ0v) is 7.70. The summed E-state index contributed by atoms with van der Waals surface area (Å²) in [6.07, 6.45) is -1.22. The number of carbonyl (C=O) groups excluding carboxylic acids is 2. The molecule has 1 fully saturated rings. The molecule has 0 aliphatic carbocycles. The number of rotatable bonds is 3. The minimum atomic E-state index is -0.700. The molecule has 1 N–H and O–H groups in total. The average Bonchev–Trinajstić information content (AvgIpc) is 2.82. The summed E-state index contributed by atoms with van der Waals surface area (Å²) in [5.41, 5.74) is 0. The molecule has 0 saturated carbocycles. The molecular weight excluding hydrogens is 174 g/mol.